The highest BCUT2D eigenvalue weighted by Crippen LogP contribution is 2.47. The van der Waals surface area contributed by atoms with E-state index in [9.17, 15) is 0 Å². The fraction of sp³-hybridized carbons (Fsp3) is 0. The molecule has 0 aliphatic rings. The molecule has 0 N–H and O–H groups in total. The Labute approximate surface area is 292 Å². The molecule has 2 aromatic heterocycles. The van der Waals surface area contributed by atoms with Gasteiger partial charge >= 0.3 is 0 Å². The van der Waals surface area contributed by atoms with E-state index >= 15 is 0 Å². The van der Waals surface area contributed by atoms with E-state index in [2.05, 4.69) is 103 Å². The number of nitrogens with zero attached hydrogens (tertiary/aromatic N) is 3. The van der Waals surface area contributed by atoms with Gasteiger partial charge in [-0.05, 0) is 79.0 Å². The molecular formula is C47H27N3O. The molecule has 0 saturated carbocycles. The van der Waals surface area contributed by atoms with Gasteiger partial charge in [0.25, 0.3) is 0 Å². The average molecular weight is 650 g/mol. The van der Waals surface area contributed by atoms with Crippen molar-refractivity contribution in [2.45, 2.75) is 0 Å². The second kappa shape index (κ2) is 10.8. The molecule has 9 aromatic carbocycles. The molecule has 0 aliphatic heterocycles. The Kier molecular flexibility index (Phi) is 5.92. The monoisotopic (exact) mass is 649 g/mol. The van der Waals surface area contributed by atoms with Crippen molar-refractivity contribution in [3.63, 3.8) is 0 Å². The largest absolute Gasteiger partial charge is 0.455 e. The molecule has 0 spiro atoms. The smallest absolute Gasteiger partial charge is 0.164 e. The van der Waals surface area contributed by atoms with Gasteiger partial charge in [-0.2, -0.15) is 0 Å². The minimum absolute atomic E-state index is 0.637. The van der Waals surface area contributed by atoms with Gasteiger partial charge in [0.1, 0.15) is 11.2 Å². The third kappa shape index (κ3) is 4.23. The van der Waals surface area contributed by atoms with Gasteiger partial charge in [0, 0.05) is 33.0 Å². The fourth-order valence-corrected chi connectivity index (χ4v) is 7.93. The Morgan fingerprint density at radius 3 is 1.51 bits per heavy atom. The molecule has 4 heteroatoms. The van der Waals surface area contributed by atoms with Gasteiger partial charge in [-0.15, -0.1) is 0 Å². The van der Waals surface area contributed by atoms with Gasteiger partial charge in [0.05, 0.1) is 0 Å². The van der Waals surface area contributed by atoms with Gasteiger partial charge in [0.2, 0.25) is 0 Å². The SMILES string of the molecule is c1ccc(-c2nc(-c3ccccc3)nc(-c3ccc(-c4ccc5c6cc7ccccc7cc6c6cccc7oc4c5c76)c4ccccc34)n2)cc1. The van der Waals surface area contributed by atoms with Crippen molar-refractivity contribution in [2.75, 3.05) is 0 Å². The van der Waals surface area contributed by atoms with E-state index < -0.39 is 0 Å². The van der Waals surface area contributed by atoms with Gasteiger partial charge in [-0.25, -0.2) is 15.0 Å². The molecule has 0 fully saturated rings. The number of benzene rings is 9. The fourth-order valence-electron chi connectivity index (χ4n) is 7.93. The van der Waals surface area contributed by atoms with Crippen LogP contribution in [0.2, 0.25) is 0 Å². The van der Waals surface area contributed by atoms with Crippen molar-refractivity contribution in [3.8, 4) is 45.3 Å². The van der Waals surface area contributed by atoms with E-state index in [4.69, 9.17) is 19.4 Å². The Hall–Kier alpha value is -6.91. The molecule has 2 heterocycles. The number of rotatable bonds is 4. The maximum absolute atomic E-state index is 6.83. The summed E-state index contributed by atoms with van der Waals surface area (Å²) in [6, 6.07) is 57.3. The molecule has 11 rings (SSSR count). The maximum Gasteiger partial charge on any atom is 0.164 e. The van der Waals surface area contributed by atoms with Crippen LogP contribution in [0.15, 0.2) is 168 Å². The lowest BCUT2D eigenvalue weighted by atomic mass is 9.89. The highest BCUT2D eigenvalue weighted by atomic mass is 16.3. The number of aromatic nitrogens is 3. The molecule has 51 heavy (non-hydrogen) atoms. The van der Waals surface area contributed by atoms with E-state index in [0.717, 1.165) is 49.8 Å². The molecule has 0 amide bonds. The highest BCUT2D eigenvalue weighted by Gasteiger charge is 2.22. The zero-order chi connectivity index (χ0) is 33.5. The molecule has 0 saturated heterocycles. The molecule has 0 atom stereocenters. The van der Waals surface area contributed by atoms with Crippen molar-refractivity contribution >= 4 is 65.0 Å². The summed E-state index contributed by atoms with van der Waals surface area (Å²) in [6.45, 7) is 0. The molecule has 0 unspecified atom stereocenters. The average Bonchev–Trinajstić information content (AvgIpc) is 3.60. The molecule has 0 aliphatic carbocycles. The summed E-state index contributed by atoms with van der Waals surface area (Å²) in [5, 5.41) is 11.9. The first-order chi connectivity index (χ1) is 25.3. The van der Waals surface area contributed by atoms with E-state index in [0.29, 0.717) is 17.5 Å². The first kappa shape index (κ1) is 28.0. The lowest BCUT2D eigenvalue weighted by Gasteiger charge is -2.14. The minimum atomic E-state index is 0.637. The maximum atomic E-state index is 6.83. The van der Waals surface area contributed by atoms with Gasteiger partial charge < -0.3 is 4.42 Å². The molecule has 0 bridgehead atoms. The van der Waals surface area contributed by atoms with Crippen LogP contribution in [0, 0.1) is 0 Å². The first-order valence-corrected chi connectivity index (χ1v) is 17.2. The van der Waals surface area contributed by atoms with E-state index in [1.54, 1.807) is 0 Å². The molecular weight excluding hydrogens is 623 g/mol. The summed E-state index contributed by atoms with van der Waals surface area (Å²) in [6.07, 6.45) is 0. The van der Waals surface area contributed by atoms with Crippen molar-refractivity contribution in [3.05, 3.63) is 164 Å². The van der Waals surface area contributed by atoms with Gasteiger partial charge in [0.15, 0.2) is 17.5 Å². The molecule has 4 nitrogen and oxygen atoms in total. The first-order valence-electron chi connectivity index (χ1n) is 17.2. The van der Waals surface area contributed by atoms with Crippen LogP contribution in [-0.4, -0.2) is 15.0 Å². The predicted molar refractivity (Wildman–Crippen MR) is 210 cm³/mol. The number of furan rings is 1. The second-order valence-electron chi connectivity index (χ2n) is 13.1. The van der Waals surface area contributed by atoms with Crippen LogP contribution in [0.4, 0.5) is 0 Å². The zero-order valence-corrected chi connectivity index (χ0v) is 27.3. The summed E-state index contributed by atoms with van der Waals surface area (Å²) < 4.78 is 6.83. The van der Waals surface area contributed by atoms with Crippen LogP contribution in [0.1, 0.15) is 0 Å². The lowest BCUT2D eigenvalue weighted by molar-refractivity contribution is 0.670. The molecule has 0 radical (unpaired) electrons. The van der Waals surface area contributed by atoms with Crippen molar-refractivity contribution in [1.29, 1.82) is 0 Å². The van der Waals surface area contributed by atoms with Gasteiger partial charge in [-0.1, -0.05) is 133 Å². The van der Waals surface area contributed by atoms with Crippen LogP contribution in [0.25, 0.3) is 110 Å². The lowest BCUT2D eigenvalue weighted by Crippen LogP contribution is -2.00. The highest BCUT2D eigenvalue weighted by molar-refractivity contribution is 6.35. The Bertz CT molecular complexity index is 3070. The van der Waals surface area contributed by atoms with E-state index in [1.165, 1.54) is 43.1 Å². The standard InChI is InChI=1S/C47H27N3O/c1-3-12-28(13-4-1)45-48-46(29-14-5-2-6-15-29)50-47(49-45)38-25-22-34(32-18-9-10-19-33(32)38)37-24-23-36-40-27-31-17-8-7-16-30(31)26-39(40)35-20-11-21-41-42(35)43(36)44(37)51-41/h1-27H. The third-order valence-corrected chi connectivity index (χ3v) is 10.3. The summed E-state index contributed by atoms with van der Waals surface area (Å²) in [5.74, 6) is 1.92. The summed E-state index contributed by atoms with van der Waals surface area (Å²) in [7, 11) is 0. The topological polar surface area (TPSA) is 51.8 Å². The van der Waals surface area contributed by atoms with Crippen LogP contribution in [0.5, 0.6) is 0 Å². The Morgan fingerprint density at radius 1 is 0.333 bits per heavy atom. The van der Waals surface area contributed by atoms with Gasteiger partial charge in [-0.3, -0.25) is 0 Å². The quantitative estimate of drug-likeness (QED) is 0.141. The van der Waals surface area contributed by atoms with Crippen molar-refractivity contribution < 1.29 is 4.42 Å². The summed E-state index contributed by atoms with van der Waals surface area (Å²) >= 11 is 0. The summed E-state index contributed by atoms with van der Waals surface area (Å²) in [5.41, 5.74) is 6.82. The number of hydrogen-bond acceptors (Lipinski definition) is 4. The second-order valence-corrected chi connectivity index (χ2v) is 13.1. The van der Waals surface area contributed by atoms with Crippen LogP contribution < -0.4 is 0 Å². The minimum Gasteiger partial charge on any atom is -0.455 e. The van der Waals surface area contributed by atoms with E-state index in [-0.39, 0.29) is 0 Å². The zero-order valence-electron chi connectivity index (χ0n) is 27.3. The van der Waals surface area contributed by atoms with Crippen molar-refractivity contribution in [1.82, 2.24) is 15.0 Å². The predicted octanol–water partition coefficient (Wildman–Crippen LogP) is 12.5. The molecule has 236 valence electrons. The Balaban J connectivity index is 1.16. The molecule has 11 aromatic rings. The normalized spacial score (nSPS) is 11.9. The van der Waals surface area contributed by atoms with Crippen molar-refractivity contribution in [2.24, 2.45) is 0 Å². The Morgan fingerprint density at radius 2 is 0.843 bits per heavy atom. The van der Waals surface area contributed by atoms with E-state index in [1.807, 2.05) is 60.7 Å². The number of hydrogen-bond donors (Lipinski definition) is 0. The third-order valence-electron chi connectivity index (χ3n) is 10.3. The van der Waals surface area contributed by atoms with Crippen LogP contribution in [-0.2, 0) is 0 Å². The van der Waals surface area contributed by atoms with Crippen LogP contribution >= 0.6 is 0 Å². The number of fused-ring (bicyclic) bond motifs is 5. The summed E-state index contributed by atoms with van der Waals surface area (Å²) in [4.78, 5) is 15.0. The van der Waals surface area contributed by atoms with Crippen LogP contribution in [0.3, 0.4) is 0 Å².